The number of hydrogen-bond acceptors (Lipinski definition) is 6. The highest BCUT2D eigenvalue weighted by Gasteiger charge is 2.39. The molecule has 7 heteroatoms. The van der Waals surface area contributed by atoms with Crippen LogP contribution in [0.1, 0.15) is 0 Å². The normalized spacial score (nSPS) is 19.4. The van der Waals surface area contributed by atoms with Gasteiger partial charge in [-0.15, -0.1) is 0 Å². The van der Waals surface area contributed by atoms with Crippen LogP contribution in [0, 0.1) is 0 Å². The zero-order valence-corrected chi connectivity index (χ0v) is 8.28. The summed E-state index contributed by atoms with van der Waals surface area (Å²) in [5.41, 5.74) is -0.541. The summed E-state index contributed by atoms with van der Waals surface area (Å²) in [5.74, 6) is 0. The van der Waals surface area contributed by atoms with Crippen LogP contribution in [-0.2, 0) is 23.1 Å². The van der Waals surface area contributed by atoms with Crippen LogP contribution in [-0.4, -0.2) is 39.2 Å². The van der Waals surface area contributed by atoms with Gasteiger partial charge >= 0.3 is 13.8 Å². The summed E-state index contributed by atoms with van der Waals surface area (Å²) >= 11 is 0. The molecule has 0 amide bonds. The quantitative estimate of drug-likeness (QED) is 0.511. The number of carbonyl (C=O) groups is 1. The van der Waals surface area contributed by atoms with Gasteiger partial charge in [0.1, 0.15) is 18.9 Å². The van der Waals surface area contributed by atoms with Crippen LogP contribution in [0.15, 0.2) is 0 Å². The first-order valence-corrected chi connectivity index (χ1v) is 5.24. The Bertz CT molecular complexity index is 221. The third kappa shape index (κ3) is 2.21. The van der Waals surface area contributed by atoms with Gasteiger partial charge in [0.2, 0.25) is 0 Å². The van der Waals surface area contributed by atoms with Crippen molar-refractivity contribution < 1.29 is 27.9 Å². The van der Waals surface area contributed by atoms with Crippen molar-refractivity contribution in [2.75, 3.05) is 27.4 Å². The molecule has 0 aromatic carbocycles. The van der Waals surface area contributed by atoms with Gasteiger partial charge in [0.15, 0.2) is 0 Å². The monoisotopic (exact) mass is 210 g/mol. The van der Waals surface area contributed by atoms with E-state index in [-0.39, 0.29) is 13.2 Å². The lowest BCUT2D eigenvalue weighted by molar-refractivity contribution is 0.0163. The lowest BCUT2D eigenvalue weighted by Crippen LogP contribution is -2.32. The van der Waals surface area contributed by atoms with Crippen LogP contribution < -0.4 is 0 Å². The zero-order valence-electron chi connectivity index (χ0n) is 7.39. The van der Waals surface area contributed by atoms with Gasteiger partial charge in [0.05, 0.1) is 0 Å². The minimum Gasteiger partial charge on any atom is -0.433 e. The Kier molecular flexibility index (Phi) is 3.30. The second-order valence-corrected chi connectivity index (χ2v) is 4.97. The average Bonchev–Trinajstić information content (AvgIpc) is 2.18. The van der Waals surface area contributed by atoms with E-state index in [2.05, 4.69) is 9.47 Å². The molecule has 13 heavy (non-hydrogen) atoms. The third-order valence-electron chi connectivity index (χ3n) is 1.74. The molecule has 0 aromatic rings. The predicted octanol–water partition coefficient (Wildman–Crippen LogP) is 1.01. The summed E-state index contributed by atoms with van der Waals surface area (Å²) in [6, 6.07) is 0. The maximum atomic E-state index is 11.7. The summed E-state index contributed by atoms with van der Waals surface area (Å²) in [6.07, 6.45) is -0.755. The highest BCUT2D eigenvalue weighted by Crippen LogP contribution is 2.52. The molecule has 1 fully saturated rings. The van der Waals surface area contributed by atoms with E-state index in [9.17, 15) is 9.36 Å². The van der Waals surface area contributed by atoms with E-state index in [4.69, 9.17) is 9.05 Å². The summed E-state index contributed by atoms with van der Waals surface area (Å²) in [7, 11) is -0.628. The van der Waals surface area contributed by atoms with E-state index in [1.165, 1.54) is 14.2 Å². The van der Waals surface area contributed by atoms with Crippen LogP contribution in [0.3, 0.4) is 0 Å². The molecule has 1 aliphatic rings. The van der Waals surface area contributed by atoms with Crippen LogP contribution in [0.2, 0.25) is 0 Å². The molecule has 0 aromatic heterocycles. The predicted molar refractivity (Wildman–Crippen MR) is 42.7 cm³/mol. The van der Waals surface area contributed by atoms with E-state index >= 15 is 0 Å². The molecule has 0 saturated carbocycles. The molecule has 1 heterocycles. The number of rotatable bonds is 3. The Labute approximate surface area is 75.6 Å². The van der Waals surface area contributed by atoms with E-state index in [0.717, 1.165) is 0 Å². The molecule has 1 saturated heterocycles. The van der Waals surface area contributed by atoms with Gasteiger partial charge in [-0.05, 0) is 0 Å². The smallest absolute Gasteiger partial charge is 0.433 e. The largest absolute Gasteiger partial charge is 0.508 e. The Hall–Kier alpha value is -0.580. The first-order valence-electron chi connectivity index (χ1n) is 3.63. The fourth-order valence-corrected chi connectivity index (χ4v) is 2.23. The van der Waals surface area contributed by atoms with Gasteiger partial charge in [-0.1, -0.05) is 0 Å². The van der Waals surface area contributed by atoms with Gasteiger partial charge in [0.25, 0.3) is 0 Å². The Morgan fingerprint density at radius 3 is 2.15 bits per heavy atom. The zero-order chi connectivity index (χ0) is 9.90. The van der Waals surface area contributed by atoms with Gasteiger partial charge in [-0.3, -0.25) is 4.57 Å². The van der Waals surface area contributed by atoms with Crippen molar-refractivity contribution in [3.63, 3.8) is 0 Å². The summed E-state index contributed by atoms with van der Waals surface area (Å²) in [5, 5.41) is 0. The van der Waals surface area contributed by atoms with Crippen LogP contribution in [0.4, 0.5) is 4.79 Å². The van der Waals surface area contributed by atoms with E-state index in [0.29, 0.717) is 0 Å². The highest BCUT2D eigenvalue weighted by atomic mass is 31.2. The van der Waals surface area contributed by atoms with Crippen molar-refractivity contribution in [3.8, 4) is 0 Å². The first-order chi connectivity index (χ1) is 6.12. The topological polar surface area (TPSA) is 71.1 Å². The molecule has 76 valence electrons. The second-order valence-electron chi connectivity index (χ2n) is 2.43. The lowest BCUT2D eigenvalue weighted by Gasteiger charge is -2.26. The number of hydrogen-bond donors (Lipinski definition) is 0. The minimum absolute atomic E-state index is 0.00219. The molecule has 1 aliphatic heterocycles. The molecular weight excluding hydrogens is 199 g/mol. The summed E-state index contributed by atoms with van der Waals surface area (Å²) in [6.45, 7) is -0.00438. The highest BCUT2D eigenvalue weighted by molar-refractivity contribution is 7.54. The Morgan fingerprint density at radius 1 is 1.31 bits per heavy atom. The SMILES string of the molecule is COP(=O)(OC)C1COC(=O)OC1. The van der Waals surface area contributed by atoms with Crippen LogP contribution in [0.25, 0.3) is 0 Å². The molecule has 0 atom stereocenters. The van der Waals surface area contributed by atoms with E-state index < -0.39 is 19.4 Å². The van der Waals surface area contributed by atoms with Gasteiger partial charge < -0.3 is 18.5 Å². The molecular formula is C6H11O6P. The molecule has 1 rings (SSSR count). The fraction of sp³-hybridized carbons (Fsp3) is 0.833. The van der Waals surface area contributed by atoms with E-state index in [1.807, 2.05) is 0 Å². The van der Waals surface area contributed by atoms with Crippen molar-refractivity contribution in [3.05, 3.63) is 0 Å². The number of ether oxygens (including phenoxy) is 2. The minimum atomic E-state index is -3.19. The number of cyclic esters (lactones) is 2. The van der Waals surface area contributed by atoms with Gasteiger partial charge in [0, 0.05) is 14.2 Å². The van der Waals surface area contributed by atoms with Gasteiger partial charge in [-0.2, -0.15) is 0 Å². The van der Waals surface area contributed by atoms with Crippen LogP contribution in [0.5, 0.6) is 0 Å². The fourth-order valence-electron chi connectivity index (χ4n) is 0.974. The van der Waals surface area contributed by atoms with Crippen molar-refractivity contribution in [1.82, 2.24) is 0 Å². The molecule has 0 radical (unpaired) electrons. The first kappa shape index (κ1) is 10.5. The third-order valence-corrected chi connectivity index (χ3v) is 3.95. The molecule has 0 bridgehead atoms. The van der Waals surface area contributed by atoms with E-state index in [1.54, 1.807) is 0 Å². The standard InChI is InChI=1S/C6H11O6P/c1-9-13(8,10-2)5-3-11-6(7)12-4-5/h5H,3-4H2,1-2H3. The molecule has 0 aliphatic carbocycles. The van der Waals surface area contributed by atoms with Crippen molar-refractivity contribution >= 4 is 13.8 Å². The molecule has 6 nitrogen and oxygen atoms in total. The second kappa shape index (κ2) is 4.09. The average molecular weight is 210 g/mol. The van der Waals surface area contributed by atoms with Gasteiger partial charge in [-0.25, -0.2) is 4.79 Å². The Morgan fingerprint density at radius 2 is 1.77 bits per heavy atom. The number of carbonyl (C=O) groups excluding carboxylic acids is 1. The van der Waals surface area contributed by atoms with Crippen molar-refractivity contribution in [2.24, 2.45) is 0 Å². The lowest BCUT2D eigenvalue weighted by atomic mass is 10.5. The molecule has 0 unspecified atom stereocenters. The summed E-state index contributed by atoms with van der Waals surface area (Å²) < 4.78 is 30.2. The van der Waals surface area contributed by atoms with Crippen LogP contribution >= 0.6 is 7.60 Å². The maximum absolute atomic E-state index is 11.7. The summed E-state index contributed by atoms with van der Waals surface area (Å²) in [4.78, 5) is 10.5. The maximum Gasteiger partial charge on any atom is 0.508 e. The molecule has 0 N–H and O–H groups in total. The van der Waals surface area contributed by atoms with Crippen molar-refractivity contribution in [1.29, 1.82) is 0 Å². The molecule has 0 spiro atoms. The van der Waals surface area contributed by atoms with Crippen molar-refractivity contribution in [2.45, 2.75) is 5.66 Å². The Balaban J connectivity index is 2.61.